The van der Waals surface area contributed by atoms with E-state index in [0.29, 0.717) is 24.4 Å². The van der Waals surface area contributed by atoms with Crippen LogP contribution in [-0.2, 0) is 6.54 Å². The van der Waals surface area contributed by atoms with Crippen LogP contribution in [0.2, 0.25) is 0 Å². The predicted octanol–water partition coefficient (Wildman–Crippen LogP) is 2.58. The third-order valence-electron chi connectivity index (χ3n) is 2.51. The Hall–Kier alpha value is -1.33. The first kappa shape index (κ1) is 13.1. The van der Waals surface area contributed by atoms with Gasteiger partial charge in [-0.25, -0.2) is 0 Å². The number of nitrogens with zero attached hydrogens (tertiary/aromatic N) is 2. The lowest BCUT2D eigenvalue weighted by molar-refractivity contribution is 0.460. The van der Waals surface area contributed by atoms with Gasteiger partial charge >= 0.3 is 0 Å². The van der Waals surface area contributed by atoms with Gasteiger partial charge in [0, 0.05) is 17.4 Å². The van der Waals surface area contributed by atoms with Crippen molar-refractivity contribution in [3.8, 4) is 11.5 Å². The van der Waals surface area contributed by atoms with Gasteiger partial charge in [0.25, 0.3) is 0 Å². The second-order valence-electron chi connectivity index (χ2n) is 4.10. The van der Waals surface area contributed by atoms with Gasteiger partial charge in [-0.3, -0.25) is 0 Å². The molecule has 5 heteroatoms. The fourth-order valence-electron chi connectivity index (χ4n) is 1.59. The number of rotatable bonds is 6. The summed E-state index contributed by atoms with van der Waals surface area (Å²) in [6.45, 7) is 2.76. The molecule has 2 rings (SSSR count). The third-order valence-corrected chi connectivity index (χ3v) is 3.34. The topological polar surface area (TPSA) is 51.0 Å². The van der Waals surface area contributed by atoms with Gasteiger partial charge in [-0.2, -0.15) is 11.8 Å². The molecule has 2 aromatic rings. The zero-order valence-corrected chi connectivity index (χ0v) is 11.4. The van der Waals surface area contributed by atoms with Crippen LogP contribution in [0.25, 0.3) is 11.5 Å². The maximum absolute atomic E-state index is 5.61. The van der Waals surface area contributed by atoms with E-state index >= 15 is 0 Å². The average Bonchev–Trinajstić information content (AvgIpc) is 2.87. The molecule has 1 N–H and O–H groups in total. The standard InChI is InChI=1S/C13H17N3OS/c1-10(9-18-2)14-8-12-15-16-13(17-12)11-6-4-3-5-7-11/h3-7,10,14H,8-9H2,1-2H3. The molecule has 1 unspecified atom stereocenters. The van der Waals surface area contributed by atoms with Crippen molar-refractivity contribution in [1.29, 1.82) is 0 Å². The number of hydrogen-bond donors (Lipinski definition) is 1. The largest absolute Gasteiger partial charge is 0.419 e. The number of hydrogen-bond acceptors (Lipinski definition) is 5. The molecule has 0 radical (unpaired) electrons. The van der Waals surface area contributed by atoms with Crippen molar-refractivity contribution in [3.63, 3.8) is 0 Å². The van der Waals surface area contributed by atoms with Crippen LogP contribution in [0.5, 0.6) is 0 Å². The van der Waals surface area contributed by atoms with Gasteiger partial charge in [-0.05, 0) is 25.3 Å². The average molecular weight is 263 g/mol. The van der Waals surface area contributed by atoms with Crippen molar-refractivity contribution in [3.05, 3.63) is 36.2 Å². The van der Waals surface area contributed by atoms with Crippen LogP contribution in [0, 0.1) is 0 Å². The van der Waals surface area contributed by atoms with Crippen molar-refractivity contribution in [2.75, 3.05) is 12.0 Å². The van der Waals surface area contributed by atoms with Crippen LogP contribution in [0.15, 0.2) is 34.7 Å². The lowest BCUT2D eigenvalue weighted by Gasteiger charge is -2.09. The van der Waals surface area contributed by atoms with Gasteiger partial charge in [-0.15, -0.1) is 10.2 Å². The van der Waals surface area contributed by atoms with Gasteiger partial charge in [0.2, 0.25) is 11.8 Å². The summed E-state index contributed by atoms with van der Waals surface area (Å²) in [5, 5.41) is 11.4. The first-order valence-corrected chi connectivity index (χ1v) is 7.29. The Morgan fingerprint density at radius 1 is 1.28 bits per heavy atom. The molecule has 0 amide bonds. The zero-order chi connectivity index (χ0) is 12.8. The molecule has 0 spiro atoms. The Balaban J connectivity index is 1.95. The fourth-order valence-corrected chi connectivity index (χ4v) is 2.21. The van der Waals surface area contributed by atoms with E-state index in [1.165, 1.54) is 0 Å². The van der Waals surface area contributed by atoms with Crippen molar-refractivity contribution in [2.24, 2.45) is 0 Å². The molecule has 0 fully saturated rings. The summed E-state index contributed by atoms with van der Waals surface area (Å²) in [7, 11) is 0. The molecule has 4 nitrogen and oxygen atoms in total. The van der Waals surface area contributed by atoms with Crippen LogP contribution < -0.4 is 5.32 Å². The Labute approximate surface area is 111 Å². The van der Waals surface area contributed by atoms with E-state index in [2.05, 4.69) is 28.7 Å². The van der Waals surface area contributed by atoms with Crippen LogP contribution in [0.4, 0.5) is 0 Å². The summed E-state index contributed by atoms with van der Waals surface area (Å²) in [6, 6.07) is 10.2. The molecule has 1 atom stereocenters. The molecule has 18 heavy (non-hydrogen) atoms. The Morgan fingerprint density at radius 3 is 2.78 bits per heavy atom. The second kappa shape index (κ2) is 6.56. The molecule has 96 valence electrons. The highest BCUT2D eigenvalue weighted by molar-refractivity contribution is 7.98. The summed E-state index contributed by atoms with van der Waals surface area (Å²) >= 11 is 1.82. The Morgan fingerprint density at radius 2 is 2.06 bits per heavy atom. The molecular formula is C13H17N3OS. The van der Waals surface area contributed by atoms with E-state index in [0.717, 1.165) is 11.3 Å². The molecule has 1 aromatic carbocycles. The molecular weight excluding hydrogens is 246 g/mol. The SMILES string of the molecule is CSCC(C)NCc1nnc(-c2ccccc2)o1. The van der Waals surface area contributed by atoms with Crippen LogP contribution in [0.1, 0.15) is 12.8 Å². The molecule has 0 aliphatic heterocycles. The third kappa shape index (κ3) is 3.58. The number of benzene rings is 1. The first-order valence-electron chi connectivity index (χ1n) is 5.89. The molecule has 0 bridgehead atoms. The zero-order valence-electron chi connectivity index (χ0n) is 10.6. The van der Waals surface area contributed by atoms with Crippen molar-refractivity contribution in [1.82, 2.24) is 15.5 Å². The lowest BCUT2D eigenvalue weighted by atomic mass is 10.2. The predicted molar refractivity (Wildman–Crippen MR) is 74.4 cm³/mol. The molecule has 1 aromatic heterocycles. The highest BCUT2D eigenvalue weighted by Crippen LogP contribution is 2.16. The molecule has 0 saturated heterocycles. The monoisotopic (exact) mass is 263 g/mol. The maximum atomic E-state index is 5.61. The summed E-state index contributed by atoms with van der Waals surface area (Å²) in [4.78, 5) is 0. The van der Waals surface area contributed by atoms with Crippen LogP contribution >= 0.6 is 11.8 Å². The molecule has 0 aliphatic carbocycles. The highest BCUT2D eigenvalue weighted by Gasteiger charge is 2.08. The fraction of sp³-hybridized carbons (Fsp3) is 0.385. The number of nitrogens with one attached hydrogen (secondary N) is 1. The quantitative estimate of drug-likeness (QED) is 0.868. The minimum atomic E-state index is 0.437. The van der Waals surface area contributed by atoms with Gasteiger partial charge in [0.1, 0.15) is 0 Å². The van der Waals surface area contributed by atoms with E-state index in [-0.39, 0.29) is 0 Å². The van der Waals surface area contributed by atoms with Crippen molar-refractivity contribution >= 4 is 11.8 Å². The molecule has 0 aliphatic rings. The summed E-state index contributed by atoms with van der Waals surface area (Å²) < 4.78 is 5.61. The van der Waals surface area contributed by atoms with Gasteiger partial charge in [-0.1, -0.05) is 18.2 Å². The molecule has 0 saturated carbocycles. The van der Waals surface area contributed by atoms with E-state index in [1.54, 1.807) is 0 Å². The molecule has 1 heterocycles. The van der Waals surface area contributed by atoms with Gasteiger partial charge in [0.15, 0.2) is 0 Å². The summed E-state index contributed by atoms with van der Waals surface area (Å²) in [5.41, 5.74) is 0.952. The minimum absolute atomic E-state index is 0.437. The summed E-state index contributed by atoms with van der Waals surface area (Å²) in [6.07, 6.45) is 2.10. The Kier molecular flexibility index (Phi) is 4.78. The highest BCUT2D eigenvalue weighted by atomic mass is 32.2. The Bertz CT molecular complexity index is 472. The van der Waals surface area contributed by atoms with E-state index in [4.69, 9.17) is 4.42 Å². The summed E-state index contributed by atoms with van der Waals surface area (Å²) in [5.74, 6) is 2.27. The minimum Gasteiger partial charge on any atom is -0.419 e. The smallest absolute Gasteiger partial charge is 0.247 e. The second-order valence-corrected chi connectivity index (χ2v) is 5.01. The van der Waals surface area contributed by atoms with Gasteiger partial charge in [0.05, 0.1) is 6.54 Å². The normalized spacial score (nSPS) is 12.6. The van der Waals surface area contributed by atoms with E-state index in [1.807, 2.05) is 42.1 Å². The lowest BCUT2D eigenvalue weighted by Crippen LogP contribution is -2.27. The number of thioether (sulfide) groups is 1. The first-order chi connectivity index (χ1) is 8.79. The maximum Gasteiger partial charge on any atom is 0.247 e. The van der Waals surface area contributed by atoms with Crippen LogP contribution in [-0.4, -0.2) is 28.2 Å². The van der Waals surface area contributed by atoms with E-state index < -0.39 is 0 Å². The van der Waals surface area contributed by atoms with Gasteiger partial charge < -0.3 is 9.73 Å². The van der Waals surface area contributed by atoms with Crippen molar-refractivity contribution < 1.29 is 4.42 Å². The van der Waals surface area contributed by atoms with E-state index in [9.17, 15) is 0 Å². The number of aromatic nitrogens is 2. The van der Waals surface area contributed by atoms with Crippen molar-refractivity contribution in [2.45, 2.75) is 19.5 Å². The van der Waals surface area contributed by atoms with Crippen LogP contribution in [0.3, 0.4) is 0 Å².